The van der Waals surface area contributed by atoms with E-state index in [1.54, 1.807) is 11.8 Å². The minimum atomic E-state index is -3.52. The SMILES string of the molecule is Cc1ncc(S(=O)(=O)N2CCN3C(=O)CCC3C2)[nH]1. The van der Waals surface area contributed by atoms with E-state index in [-0.39, 0.29) is 17.0 Å². The number of hydrogen-bond acceptors (Lipinski definition) is 4. The number of nitrogens with one attached hydrogen (secondary N) is 1. The van der Waals surface area contributed by atoms with Crippen LogP contribution in [0.5, 0.6) is 0 Å². The Morgan fingerprint density at radius 3 is 2.89 bits per heavy atom. The first kappa shape index (κ1) is 12.6. The summed E-state index contributed by atoms with van der Waals surface area (Å²) >= 11 is 0. The van der Waals surface area contributed by atoms with E-state index in [2.05, 4.69) is 9.97 Å². The van der Waals surface area contributed by atoms with E-state index in [9.17, 15) is 13.2 Å². The molecule has 1 N–H and O–H groups in total. The lowest BCUT2D eigenvalue weighted by atomic mass is 10.2. The normalized spacial score (nSPS) is 24.8. The van der Waals surface area contributed by atoms with Gasteiger partial charge in [0.25, 0.3) is 10.0 Å². The highest BCUT2D eigenvalue weighted by Gasteiger charge is 2.39. The number of imidazole rings is 1. The second-order valence-electron chi connectivity index (χ2n) is 4.98. The molecule has 0 spiro atoms. The van der Waals surface area contributed by atoms with Gasteiger partial charge in [0.2, 0.25) is 5.91 Å². The first-order valence-electron chi connectivity index (χ1n) is 6.30. The third-order valence-electron chi connectivity index (χ3n) is 3.75. The zero-order valence-corrected chi connectivity index (χ0v) is 11.5. The third kappa shape index (κ3) is 2.04. The van der Waals surface area contributed by atoms with Crippen LogP contribution in [-0.2, 0) is 14.8 Å². The molecule has 2 aliphatic rings. The molecule has 1 amide bonds. The van der Waals surface area contributed by atoms with Crippen molar-refractivity contribution >= 4 is 15.9 Å². The Morgan fingerprint density at radius 2 is 2.21 bits per heavy atom. The lowest BCUT2D eigenvalue weighted by Gasteiger charge is -2.36. The fraction of sp³-hybridized carbons (Fsp3) is 0.636. The molecule has 2 aliphatic heterocycles. The number of carbonyl (C=O) groups excluding carboxylic acids is 1. The molecule has 3 rings (SSSR count). The Hall–Kier alpha value is -1.41. The van der Waals surface area contributed by atoms with Crippen molar-refractivity contribution in [3.63, 3.8) is 0 Å². The molecule has 19 heavy (non-hydrogen) atoms. The van der Waals surface area contributed by atoms with Gasteiger partial charge in [0.15, 0.2) is 5.03 Å². The van der Waals surface area contributed by atoms with Gasteiger partial charge >= 0.3 is 0 Å². The maximum atomic E-state index is 12.4. The molecule has 7 nitrogen and oxygen atoms in total. The monoisotopic (exact) mass is 284 g/mol. The average molecular weight is 284 g/mol. The van der Waals surface area contributed by atoms with Crippen molar-refractivity contribution in [2.45, 2.75) is 30.8 Å². The van der Waals surface area contributed by atoms with Crippen LogP contribution in [-0.4, -0.2) is 59.2 Å². The Bertz CT molecular complexity index is 609. The molecule has 1 atom stereocenters. The number of fused-ring (bicyclic) bond motifs is 1. The Balaban J connectivity index is 1.82. The quantitative estimate of drug-likeness (QED) is 0.809. The summed E-state index contributed by atoms with van der Waals surface area (Å²) in [4.78, 5) is 20.1. The molecule has 0 aromatic carbocycles. The van der Waals surface area contributed by atoms with E-state index < -0.39 is 10.0 Å². The average Bonchev–Trinajstić information content (AvgIpc) is 2.96. The molecule has 2 fully saturated rings. The lowest BCUT2D eigenvalue weighted by molar-refractivity contribution is -0.130. The summed E-state index contributed by atoms with van der Waals surface area (Å²) in [6.07, 6.45) is 2.62. The zero-order valence-electron chi connectivity index (χ0n) is 10.7. The number of aromatic nitrogens is 2. The predicted molar refractivity (Wildman–Crippen MR) is 66.8 cm³/mol. The first-order valence-corrected chi connectivity index (χ1v) is 7.74. The van der Waals surface area contributed by atoms with Crippen LogP contribution in [0, 0.1) is 6.92 Å². The minimum Gasteiger partial charge on any atom is -0.337 e. The van der Waals surface area contributed by atoms with E-state index in [1.165, 1.54) is 10.5 Å². The van der Waals surface area contributed by atoms with Gasteiger partial charge in [-0.15, -0.1) is 0 Å². The molecular formula is C11H16N4O3S. The molecular weight excluding hydrogens is 268 g/mol. The molecule has 0 saturated carbocycles. The lowest BCUT2D eigenvalue weighted by Crippen LogP contribution is -2.53. The van der Waals surface area contributed by atoms with Crippen LogP contribution in [0.1, 0.15) is 18.7 Å². The van der Waals surface area contributed by atoms with Gasteiger partial charge in [0, 0.05) is 32.1 Å². The Labute approximate surface area is 111 Å². The van der Waals surface area contributed by atoms with Gasteiger partial charge in [-0.25, -0.2) is 13.4 Å². The van der Waals surface area contributed by atoms with Crippen LogP contribution in [0.15, 0.2) is 11.2 Å². The molecule has 2 saturated heterocycles. The number of H-pyrrole nitrogens is 1. The molecule has 3 heterocycles. The van der Waals surface area contributed by atoms with Crippen molar-refractivity contribution in [1.29, 1.82) is 0 Å². The van der Waals surface area contributed by atoms with Crippen molar-refractivity contribution in [2.24, 2.45) is 0 Å². The summed E-state index contributed by atoms with van der Waals surface area (Å²) in [5.41, 5.74) is 0. The van der Waals surface area contributed by atoms with E-state index in [0.29, 0.717) is 31.9 Å². The predicted octanol–water partition coefficient (Wildman–Crippen LogP) is -0.287. The summed E-state index contributed by atoms with van der Waals surface area (Å²) in [6.45, 7) is 2.93. The standard InChI is InChI=1S/C11H16N4O3S/c1-8-12-6-10(13-8)19(17,18)14-4-5-15-9(7-14)2-3-11(15)16/h6,9H,2-5,7H2,1H3,(H,12,13). The second-order valence-corrected chi connectivity index (χ2v) is 6.88. The van der Waals surface area contributed by atoms with Gasteiger partial charge in [-0.2, -0.15) is 4.31 Å². The van der Waals surface area contributed by atoms with Gasteiger partial charge in [-0.05, 0) is 13.3 Å². The Kier molecular flexibility index (Phi) is 2.86. The van der Waals surface area contributed by atoms with E-state index >= 15 is 0 Å². The van der Waals surface area contributed by atoms with Gasteiger partial charge < -0.3 is 9.88 Å². The highest BCUT2D eigenvalue weighted by molar-refractivity contribution is 7.89. The van der Waals surface area contributed by atoms with Crippen LogP contribution in [0.2, 0.25) is 0 Å². The molecule has 1 aromatic heterocycles. The van der Waals surface area contributed by atoms with E-state index in [0.717, 1.165) is 6.42 Å². The number of rotatable bonds is 2. The molecule has 0 bridgehead atoms. The zero-order chi connectivity index (χ0) is 13.6. The van der Waals surface area contributed by atoms with Crippen LogP contribution >= 0.6 is 0 Å². The molecule has 1 aromatic rings. The molecule has 0 radical (unpaired) electrons. The van der Waals surface area contributed by atoms with Gasteiger partial charge in [0.05, 0.1) is 6.20 Å². The van der Waals surface area contributed by atoms with Crippen LogP contribution < -0.4 is 0 Å². The third-order valence-corrected chi connectivity index (χ3v) is 5.53. The number of aromatic amines is 1. The van der Waals surface area contributed by atoms with Crippen molar-refractivity contribution in [1.82, 2.24) is 19.2 Å². The highest BCUT2D eigenvalue weighted by Crippen LogP contribution is 2.26. The van der Waals surface area contributed by atoms with Gasteiger partial charge in [-0.1, -0.05) is 0 Å². The minimum absolute atomic E-state index is 0.0278. The topological polar surface area (TPSA) is 86.4 Å². The smallest absolute Gasteiger partial charge is 0.260 e. The van der Waals surface area contributed by atoms with Crippen molar-refractivity contribution in [3.05, 3.63) is 12.0 Å². The van der Waals surface area contributed by atoms with Crippen molar-refractivity contribution in [3.8, 4) is 0 Å². The maximum Gasteiger partial charge on any atom is 0.260 e. The fourth-order valence-electron chi connectivity index (χ4n) is 2.72. The summed E-state index contributed by atoms with van der Waals surface area (Å²) < 4.78 is 26.3. The van der Waals surface area contributed by atoms with Gasteiger partial charge in [0.1, 0.15) is 5.82 Å². The van der Waals surface area contributed by atoms with Crippen LogP contribution in [0.4, 0.5) is 0 Å². The van der Waals surface area contributed by atoms with Crippen molar-refractivity contribution in [2.75, 3.05) is 19.6 Å². The summed E-state index contributed by atoms with van der Waals surface area (Å²) in [6, 6.07) is 0.0278. The fourth-order valence-corrected chi connectivity index (χ4v) is 4.15. The molecule has 104 valence electrons. The van der Waals surface area contributed by atoms with E-state index in [4.69, 9.17) is 0 Å². The number of nitrogens with zero attached hydrogens (tertiary/aromatic N) is 3. The van der Waals surface area contributed by atoms with Crippen LogP contribution in [0.25, 0.3) is 0 Å². The number of aryl methyl sites for hydroxylation is 1. The summed E-state index contributed by atoms with van der Waals surface area (Å²) in [5, 5.41) is 0.128. The number of carbonyl (C=O) groups is 1. The second kappa shape index (κ2) is 4.31. The van der Waals surface area contributed by atoms with E-state index in [1.807, 2.05) is 0 Å². The van der Waals surface area contributed by atoms with Crippen LogP contribution in [0.3, 0.4) is 0 Å². The number of hydrogen-bond donors (Lipinski definition) is 1. The first-order chi connectivity index (χ1) is 8.98. The molecule has 1 unspecified atom stereocenters. The largest absolute Gasteiger partial charge is 0.337 e. The molecule has 0 aliphatic carbocycles. The summed E-state index contributed by atoms with van der Waals surface area (Å²) in [7, 11) is -3.52. The highest BCUT2D eigenvalue weighted by atomic mass is 32.2. The van der Waals surface area contributed by atoms with Crippen molar-refractivity contribution < 1.29 is 13.2 Å². The molecule has 8 heteroatoms. The Morgan fingerprint density at radius 1 is 1.42 bits per heavy atom. The summed E-state index contributed by atoms with van der Waals surface area (Å²) in [5.74, 6) is 0.715. The number of sulfonamides is 1. The maximum absolute atomic E-state index is 12.4. The number of piperazine rings is 1. The number of amides is 1. The van der Waals surface area contributed by atoms with Gasteiger partial charge in [-0.3, -0.25) is 4.79 Å².